The number of aliphatic hydroxyl groups excluding tert-OH is 1. The molecule has 0 saturated carbocycles. The first-order chi connectivity index (χ1) is 9.51. The van der Waals surface area contributed by atoms with Crippen molar-refractivity contribution in [3.63, 3.8) is 0 Å². The van der Waals surface area contributed by atoms with Gasteiger partial charge in [0.2, 0.25) is 0 Å². The van der Waals surface area contributed by atoms with E-state index in [-0.39, 0.29) is 18.9 Å². The molecular weight excluding hydrogens is 330 g/mol. The minimum absolute atomic E-state index is 0.106. The van der Waals surface area contributed by atoms with Gasteiger partial charge in [-0.2, -0.15) is 0 Å². The summed E-state index contributed by atoms with van der Waals surface area (Å²) in [5, 5.41) is 10.2. The number of carbonyl (C=O) groups is 2. The van der Waals surface area contributed by atoms with Gasteiger partial charge in [-0.1, -0.05) is 0 Å². The molecule has 110 valence electrons. The topological polar surface area (TPSA) is 85.7 Å². The third kappa shape index (κ3) is 4.28. The highest BCUT2D eigenvalue weighted by atomic mass is 79.9. The number of aliphatic hydroxyl groups is 1. The fourth-order valence-electron chi connectivity index (χ4n) is 1.55. The quantitative estimate of drug-likeness (QED) is 0.622. The summed E-state index contributed by atoms with van der Waals surface area (Å²) in [6.45, 7) is 3.44. The van der Waals surface area contributed by atoms with Crippen molar-refractivity contribution in [2.75, 3.05) is 13.2 Å². The van der Waals surface area contributed by atoms with Crippen molar-refractivity contribution in [3.8, 4) is 0 Å². The summed E-state index contributed by atoms with van der Waals surface area (Å²) in [7, 11) is 0. The molecule has 1 unspecified atom stereocenters. The Hall–Kier alpha value is -1.47. The molecule has 0 amide bonds. The Morgan fingerprint density at radius 3 is 2.20 bits per heavy atom. The SMILES string of the molecule is CCOC(=O)C(C(=O)OCC)C(O)c1ccc(Br)cn1. The number of hydrogen-bond donors (Lipinski definition) is 1. The van der Waals surface area contributed by atoms with E-state index in [1.165, 1.54) is 12.3 Å². The second-order valence-corrected chi connectivity index (χ2v) is 4.74. The smallest absolute Gasteiger partial charge is 0.323 e. The average Bonchev–Trinajstić information content (AvgIpc) is 2.40. The molecule has 7 heteroatoms. The fourth-order valence-corrected chi connectivity index (χ4v) is 1.79. The number of nitrogens with zero attached hydrogens (tertiary/aromatic N) is 1. The van der Waals surface area contributed by atoms with E-state index in [2.05, 4.69) is 20.9 Å². The van der Waals surface area contributed by atoms with Crippen LogP contribution in [0.4, 0.5) is 0 Å². The number of aromatic nitrogens is 1. The lowest BCUT2D eigenvalue weighted by Gasteiger charge is -2.19. The normalized spacial score (nSPS) is 12.1. The molecule has 0 spiro atoms. The molecule has 0 saturated heterocycles. The Morgan fingerprint density at radius 2 is 1.80 bits per heavy atom. The number of rotatable bonds is 6. The zero-order valence-corrected chi connectivity index (χ0v) is 12.8. The standard InChI is InChI=1S/C13H16BrNO5/c1-3-19-12(17)10(13(18)20-4-2)11(16)9-6-5-8(14)7-15-9/h5-7,10-11,16H,3-4H2,1-2H3. The highest BCUT2D eigenvalue weighted by molar-refractivity contribution is 9.10. The predicted molar refractivity (Wildman–Crippen MR) is 73.7 cm³/mol. The number of pyridine rings is 1. The molecule has 0 radical (unpaired) electrons. The summed E-state index contributed by atoms with van der Waals surface area (Å²) in [6.07, 6.45) is 0.0487. The van der Waals surface area contributed by atoms with Crippen molar-refractivity contribution < 1.29 is 24.2 Å². The van der Waals surface area contributed by atoms with Crippen LogP contribution in [0, 0.1) is 5.92 Å². The number of esters is 2. The van der Waals surface area contributed by atoms with Crippen LogP contribution >= 0.6 is 15.9 Å². The van der Waals surface area contributed by atoms with Gasteiger partial charge in [0.15, 0.2) is 5.92 Å². The van der Waals surface area contributed by atoms with Gasteiger partial charge < -0.3 is 14.6 Å². The molecule has 1 N–H and O–H groups in total. The summed E-state index contributed by atoms with van der Waals surface area (Å²) in [4.78, 5) is 27.6. The largest absolute Gasteiger partial charge is 0.465 e. The number of carbonyl (C=O) groups excluding carboxylic acids is 2. The van der Waals surface area contributed by atoms with Gasteiger partial charge in [-0.3, -0.25) is 14.6 Å². The van der Waals surface area contributed by atoms with Crippen LogP contribution in [0.15, 0.2) is 22.8 Å². The lowest BCUT2D eigenvalue weighted by Crippen LogP contribution is -2.33. The van der Waals surface area contributed by atoms with Crippen LogP contribution in [0.1, 0.15) is 25.6 Å². The third-order valence-corrected chi connectivity index (χ3v) is 2.92. The maximum atomic E-state index is 11.8. The Bertz CT molecular complexity index is 444. The minimum atomic E-state index is -1.44. The Morgan fingerprint density at radius 1 is 1.25 bits per heavy atom. The van der Waals surface area contributed by atoms with Crippen LogP contribution in [0.25, 0.3) is 0 Å². The summed E-state index contributed by atoms with van der Waals surface area (Å²) < 4.78 is 10.3. The lowest BCUT2D eigenvalue weighted by atomic mass is 9.99. The van der Waals surface area contributed by atoms with Crippen molar-refractivity contribution in [2.45, 2.75) is 20.0 Å². The van der Waals surface area contributed by atoms with Crippen molar-refractivity contribution in [3.05, 3.63) is 28.5 Å². The Labute approximate surface area is 125 Å². The van der Waals surface area contributed by atoms with Crippen molar-refractivity contribution in [2.24, 2.45) is 5.92 Å². The molecule has 1 aromatic heterocycles. The molecule has 1 atom stereocenters. The van der Waals surface area contributed by atoms with E-state index < -0.39 is 24.0 Å². The molecule has 1 heterocycles. The third-order valence-electron chi connectivity index (χ3n) is 2.45. The summed E-state index contributed by atoms with van der Waals surface area (Å²) in [5.74, 6) is -3.10. The summed E-state index contributed by atoms with van der Waals surface area (Å²) in [5.41, 5.74) is 0.194. The van der Waals surface area contributed by atoms with E-state index >= 15 is 0 Å². The first-order valence-electron chi connectivity index (χ1n) is 6.14. The lowest BCUT2D eigenvalue weighted by molar-refractivity contribution is -0.167. The number of hydrogen-bond acceptors (Lipinski definition) is 6. The second-order valence-electron chi connectivity index (χ2n) is 3.83. The van der Waals surface area contributed by atoms with Gasteiger partial charge in [0.1, 0.15) is 6.10 Å². The van der Waals surface area contributed by atoms with Gasteiger partial charge in [0.25, 0.3) is 0 Å². The van der Waals surface area contributed by atoms with E-state index in [4.69, 9.17) is 9.47 Å². The van der Waals surface area contributed by atoms with E-state index in [0.29, 0.717) is 0 Å². The molecule has 0 aliphatic carbocycles. The number of halogens is 1. The molecule has 0 aliphatic rings. The van der Waals surface area contributed by atoms with Crippen molar-refractivity contribution >= 4 is 27.9 Å². The number of ether oxygens (including phenoxy) is 2. The van der Waals surface area contributed by atoms with E-state index in [0.717, 1.165) is 4.47 Å². The molecule has 1 aromatic rings. The monoisotopic (exact) mass is 345 g/mol. The van der Waals surface area contributed by atoms with Gasteiger partial charge in [-0.25, -0.2) is 0 Å². The van der Waals surface area contributed by atoms with E-state index in [1.54, 1.807) is 19.9 Å². The van der Waals surface area contributed by atoms with Gasteiger partial charge in [0.05, 0.1) is 18.9 Å². The molecule has 0 aromatic carbocycles. The maximum absolute atomic E-state index is 11.8. The molecule has 1 rings (SSSR count). The molecule has 6 nitrogen and oxygen atoms in total. The van der Waals surface area contributed by atoms with Crippen LogP contribution in [0.2, 0.25) is 0 Å². The summed E-state index contributed by atoms with van der Waals surface area (Å²) >= 11 is 3.21. The van der Waals surface area contributed by atoms with Gasteiger partial charge in [-0.05, 0) is 41.9 Å². The molecule has 0 fully saturated rings. The van der Waals surface area contributed by atoms with Crippen LogP contribution in [-0.2, 0) is 19.1 Å². The van der Waals surface area contributed by atoms with Crippen LogP contribution in [0.3, 0.4) is 0 Å². The average molecular weight is 346 g/mol. The Kier molecular flexibility index (Phi) is 6.60. The van der Waals surface area contributed by atoms with Gasteiger partial charge in [-0.15, -0.1) is 0 Å². The fraction of sp³-hybridized carbons (Fsp3) is 0.462. The van der Waals surface area contributed by atoms with Crippen molar-refractivity contribution in [1.29, 1.82) is 0 Å². The van der Waals surface area contributed by atoms with Gasteiger partial charge in [0, 0.05) is 10.7 Å². The predicted octanol–water partition coefficient (Wildman–Crippen LogP) is 1.62. The molecule has 0 bridgehead atoms. The van der Waals surface area contributed by atoms with Crippen LogP contribution in [0.5, 0.6) is 0 Å². The van der Waals surface area contributed by atoms with Crippen molar-refractivity contribution in [1.82, 2.24) is 4.98 Å². The highest BCUT2D eigenvalue weighted by Gasteiger charge is 2.38. The molecule has 0 aliphatic heterocycles. The second kappa shape index (κ2) is 7.96. The van der Waals surface area contributed by atoms with E-state index in [1.807, 2.05) is 0 Å². The highest BCUT2D eigenvalue weighted by Crippen LogP contribution is 2.24. The zero-order valence-electron chi connectivity index (χ0n) is 11.2. The van der Waals surface area contributed by atoms with Crippen LogP contribution < -0.4 is 0 Å². The molecule has 20 heavy (non-hydrogen) atoms. The minimum Gasteiger partial charge on any atom is -0.465 e. The first-order valence-corrected chi connectivity index (χ1v) is 6.93. The molecular formula is C13H16BrNO5. The zero-order chi connectivity index (χ0) is 15.1. The van der Waals surface area contributed by atoms with E-state index in [9.17, 15) is 14.7 Å². The Balaban J connectivity index is 2.99. The maximum Gasteiger partial charge on any atom is 0.323 e. The van der Waals surface area contributed by atoms with Gasteiger partial charge >= 0.3 is 11.9 Å². The first kappa shape index (κ1) is 16.6. The van der Waals surface area contributed by atoms with Crippen LogP contribution in [-0.4, -0.2) is 35.2 Å². The summed E-state index contributed by atoms with van der Waals surface area (Å²) in [6, 6.07) is 3.17.